The van der Waals surface area contributed by atoms with Crippen LogP contribution in [0.3, 0.4) is 0 Å². The Morgan fingerprint density at radius 1 is 1.19 bits per heavy atom. The highest BCUT2D eigenvalue weighted by Gasteiger charge is 2.07. The second-order valence-corrected chi connectivity index (χ2v) is 4.28. The van der Waals surface area contributed by atoms with Gasteiger partial charge in [-0.1, -0.05) is 6.07 Å². The third-order valence-corrected chi connectivity index (χ3v) is 2.87. The molecule has 0 saturated heterocycles. The molecule has 0 bridgehead atoms. The van der Waals surface area contributed by atoms with Crippen LogP contribution in [0.5, 0.6) is 0 Å². The molecule has 0 aliphatic heterocycles. The van der Waals surface area contributed by atoms with E-state index in [0.29, 0.717) is 24.3 Å². The van der Waals surface area contributed by atoms with Gasteiger partial charge in [0.15, 0.2) is 0 Å². The minimum absolute atomic E-state index is 0.221. The zero-order valence-corrected chi connectivity index (χ0v) is 12.1. The molecule has 6 nitrogen and oxygen atoms in total. The number of likely N-dealkylation sites (N-methyl/N-ethyl adjacent to an activating group) is 1. The van der Waals surface area contributed by atoms with E-state index in [2.05, 4.69) is 5.32 Å². The lowest BCUT2D eigenvalue weighted by Gasteiger charge is -2.15. The summed E-state index contributed by atoms with van der Waals surface area (Å²) in [5.41, 5.74) is 5.90. The van der Waals surface area contributed by atoms with Crippen LogP contribution in [0, 0.1) is 0 Å². The molecule has 0 unspecified atom stereocenters. The summed E-state index contributed by atoms with van der Waals surface area (Å²) in [6, 6.07) is 6.27. The summed E-state index contributed by atoms with van der Waals surface area (Å²) in [7, 11) is 0. The van der Waals surface area contributed by atoms with E-state index in [-0.39, 0.29) is 5.91 Å². The van der Waals surface area contributed by atoms with E-state index in [9.17, 15) is 14.4 Å². The molecular formula is C15H19N3O3. The topological polar surface area (TPSA) is 92.5 Å². The Bertz CT molecular complexity index is 563. The largest absolute Gasteiger partial charge is 0.366 e. The number of nitrogens with one attached hydrogen (secondary N) is 1. The molecule has 0 spiro atoms. The summed E-state index contributed by atoms with van der Waals surface area (Å²) in [5.74, 6) is -1.24. The number of primary amides is 1. The summed E-state index contributed by atoms with van der Waals surface area (Å²) < 4.78 is 0. The first-order valence-corrected chi connectivity index (χ1v) is 6.65. The van der Waals surface area contributed by atoms with E-state index in [1.165, 1.54) is 12.1 Å². The Morgan fingerprint density at radius 2 is 1.86 bits per heavy atom. The maximum Gasteiger partial charge on any atom is 0.248 e. The van der Waals surface area contributed by atoms with E-state index in [1.807, 2.05) is 13.8 Å². The number of rotatable bonds is 6. The van der Waals surface area contributed by atoms with Crippen molar-refractivity contribution in [3.63, 3.8) is 0 Å². The fourth-order valence-corrected chi connectivity index (χ4v) is 1.72. The van der Waals surface area contributed by atoms with E-state index < -0.39 is 11.8 Å². The molecule has 1 aromatic carbocycles. The fraction of sp³-hybridized carbons (Fsp3) is 0.267. The lowest BCUT2D eigenvalue weighted by molar-refractivity contribution is -0.126. The molecule has 0 saturated carbocycles. The van der Waals surface area contributed by atoms with Crippen molar-refractivity contribution in [3.8, 4) is 0 Å². The third-order valence-electron chi connectivity index (χ3n) is 2.87. The number of hydrogen-bond acceptors (Lipinski definition) is 3. The molecule has 0 atom stereocenters. The highest BCUT2D eigenvalue weighted by atomic mass is 16.2. The standard InChI is InChI=1S/C15H19N3O3/c1-3-18(4-2)14(20)9-8-13(19)17-12-7-5-6-11(10-12)15(16)21/h5-10H,3-4H2,1-2H3,(H2,16,21)(H,17,19)/b9-8-. The lowest BCUT2D eigenvalue weighted by atomic mass is 10.2. The average Bonchev–Trinajstić information content (AvgIpc) is 2.46. The van der Waals surface area contributed by atoms with Crippen molar-refractivity contribution in [1.82, 2.24) is 4.90 Å². The Hall–Kier alpha value is -2.63. The van der Waals surface area contributed by atoms with Crippen LogP contribution in [0.4, 0.5) is 5.69 Å². The third kappa shape index (κ3) is 5.10. The molecule has 1 rings (SSSR count). The quantitative estimate of drug-likeness (QED) is 0.769. The van der Waals surface area contributed by atoms with E-state index >= 15 is 0 Å². The van der Waals surface area contributed by atoms with Crippen LogP contribution in [0.1, 0.15) is 24.2 Å². The van der Waals surface area contributed by atoms with Crippen molar-refractivity contribution in [1.29, 1.82) is 0 Å². The van der Waals surface area contributed by atoms with Crippen LogP contribution in [-0.2, 0) is 9.59 Å². The highest BCUT2D eigenvalue weighted by Crippen LogP contribution is 2.10. The molecule has 21 heavy (non-hydrogen) atoms. The van der Waals surface area contributed by atoms with Gasteiger partial charge in [0.1, 0.15) is 0 Å². The van der Waals surface area contributed by atoms with Crippen molar-refractivity contribution in [2.24, 2.45) is 5.73 Å². The number of nitrogens with zero attached hydrogens (tertiary/aromatic N) is 1. The van der Waals surface area contributed by atoms with Crippen LogP contribution in [0.25, 0.3) is 0 Å². The first kappa shape index (κ1) is 16.4. The molecule has 0 radical (unpaired) electrons. The van der Waals surface area contributed by atoms with Gasteiger partial charge in [-0.25, -0.2) is 0 Å². The van der Waals surface area contributed by atoms with Crippen LogP contribution in [-0.4, -0.2) is 35.7 Å². The summed E-state index contributed by atoms with van der Waals surface area (Å²) >= 11 is 0. The number of carbonyl (C=O) groups is 3. The summed E-state index contributed by atoms with van der Waals surface area (Å²) in [4.78, 5) is 36.1. The number of anilines is 1. The van der Waals surface area contributed by atoms with Crippen molar-refractivity contribution in [2.75, 3.05) is 18.4 Å². The second kappa shape index (κ2) is 7.84. The zero-order valence-electron chi connectivity index (χ0n) is 12.1. The van der Waals surface area contributed by atoms with Gasteiger partial charge in [0.2, 0.25) is 17.7 Å². The van der Waals surface area contributed by atoms with Crippen LogP contribution >= 0.6 is 0 Å². The van der Waals surface area contributed by atoms with Gasteiger partial charge < -0.3 is 16.0 Å². The van der Waals surface area contributed by atoms with Gasteiger partial charge in [-0.2, -0.15) is 0 Å². The summed E-state index contributed by atoms with van der Waals surface area (Å²) in [6.45, 7) is 4.90. The Kier molecular flexibility index (Phi) is 6.13. The van der Waals surface area contributed by atoms with Crippen molar-refractivity contribution < 1.29 is 14.4 Å². The predicted octanol–water partition coefficient (Wildman–Crippen LogP) is 1.15. The molecule has 0 aliphatic rings. The predicted molar refractivity (Wildman–Crippen MR) is 80.7 cm³/mol. The Morgan fingerprint density at radius 3 is 2.43 bits per heavy atom. The van der Waals surface area contributed by atoms with Gasteiger partial charge in [0.05, 0.1) is 0 Å². The van der Waals surface area contributed by atoms with Gasteiger partial charge in [-0.3, -0.25) is 14.4 Å². The molecule has 1 aromatic rings. The molecule has 112 valence electrons. The number of carbonyl (C=O) groups excluding carboxylic acids is 3. The number of nitrogens with two attached hydrogens (primary N) is 1. The molecule has 0 heterocycles. The van der Waals surface area contributed by atoms with Gasteiger partial charge in [-0.15, -0.1) is 0 Å². The summed E-state index contributed by atoms with van der Waals surface area (Å²) in [5, 5.41) is 2.56. The molecule has 0 aromatic heterocycles. The normalized spacial score (nSPS) is 10.4. The van der Waals surface area contributed by atoms with Crippen molar-refractivity contribution in [2.45, 2.75) is 13.8 Å². The maximum atomic E-state index is 11.7. The first-order valence-electron chi connectivity index (χ1n) is 6.65. The van der Waals surface area contributed by atoms with E-state index in [4.69, 9.17) is 5.73 Å². The maximum absolute atomic E-state index is 11.7. The van der Waals surface area contributed by atoms with Gasteiger partial charge in [-0.05, 0) is 32.0 Å². The zero-order chi connectivity index (χ0) is 15.8. The summed E-state index contributed by atoms with van der Waals surface area (Å²) in [6.07, 6.45) is 2.39. The molecule has 3 N–H and O–H groups in total. The van der Waals surface area contributed by atoms with Crippen LogP contribution in [0.2, 0.25) is 0 Å². The SMILES string of the molecule is CCN(CC)C(=O)/C=C\C(=O)Nc1cccc(C(N)=O)c1. The molecule has 0 aliphatic carbocycles. The monoisotopic (exact) mass is 289 g/mol. The minimum atomic E-state index is -0.571. The Labute approximate surface area is 123 Å². The molecular weight excluding hydrogens is 270 g/mol. The molecule has 6 heteroatoms. The van der Waals surface area contributed by atoms with Crippen LogP contribution < -0.4 is 11.1 Å². The number of benzene rings is 1. The number of amides is 3. The fourth-order valence-electron chi connectivity index (χ4n) is 1.72. The van der Waals surface area contributed by atoms with E-state index in [0.717, 1.165) is 6.08 Å². The molecule has 0 fully saturated rings. The Balaban J connectivity index is 2.67. The van der Waals surface area contributed by atoms with Crippen molar-refractivity contribution in [3.05, 3.63) is 42.0 Å². The van der Waals surface area contributed by atoms with Gasteiger partial charge in [0, 0.05) is 36.5 Å². The van der Waals surface area contributed by atoms with Gasteiger partial charge in [0.25, 0.3) is 0 Å². The minimum Gasteiger partial charge on any atom is -0.366 e. The van der Waals surface area contributed by atoms with Crippen LogP contribution in [0.15, 0.2) is 36.4 Å². The molecule has 3 amide bonds. The van der Waals surface area contributed by atoms with Crippen molar-refractivity contribution >= 4 is 23.4 Å². The number of hydrogen-bond donors (Lipinski definition) is 2. The first-order chi connectivity index (χ1) is 9.97. The smallest absolute Gasteiger partial charge is 0.248 e. The van der Waals surface area contributed by atoms with E-state index in [1.54, 1.807) is 23.1 Å². The lowest BCUT2D eigenvalue weighted by Crippen LogP contribution is -2.29. The average molecular weight is 289 g/mol. The highest BCUT2D eigenvalue weighted by molar-refractivity contribution is 6.04. The van der Waals surface area contributed by atoms with Gasteiger partial charge >= 0.3 is 0 Å². The second-order valence-electron chi connectivity index (χ2n) is 4.28.